The molecule has 4 heteroatoms. The summed E-state index contributed by atoms with van der Waals surface area (Å²) in [7, 11) is 0. The number of nitrogens with zero attached hydrogens (tertiary/aromatic N) is 1. The molecule has 0 aromatic heterocycles. The molecule has 3 atom stereocenters. The highest BCUT2D eigenvalue weighted by atomic mass is 19.1. The second kappa shape index (κ2) is 8.11. The van der Waals surface area contributed by atoms with Gasteiger partial charge in [0.1, 0.15) is 5.82 Å². The van der Waals surface area contributed by atoms with Crippen LogP contribution in [0.5, 0.6) is 0 Å². The van der Waals surface area contributed by atoms with Crippen LogP contribution in [0.2, 0.25) is 0 Å². The minimum Gasteiger partial charge on any atom is -0.352 e. The minimum absolute atomic E-state index is 0.153. The van der Waals surface area contributed by atoms with Crippen molar-refractivity contribution in [2.75, 3.05) is 13.1 Å². The number of rotatable bonds is 5. The Morgan fingerprint density at radius 2 is 2.08 bits per heavy atom. The van der Waals surface area contributed by atoms with Crippen LogP contribution in [-0.4, -0.2) is 36.0 Å². The number of carbonyl (C=O) groups excluding carboxylic acids is 1. The first-order valence-electron chi connectivity index (χ1n) is 9.39. The highest BCUT2D eigenvalue weighted by Gasteiger charge is 2.28. The molecule has 132 valence electrons. The summed E-state index contributed by atoms with van der Waals surface area (Å²) >= 11 is 0. The lowest BCUT2D eigenvalue weighted by Gasteiger charge is -2.31. The van der Waals surface area contributed by atoms with E-state index in [2.05, 4.69) is 17.1 Å². The fraction of sp³-hybridized carbons (Fsp3) is 0.650. The molecule has 1 amide bonds. The van der Waals surface area contributed by atoms with E-state index in [9.17, 15) is 9.18 Å². The zero-order chi connectivity index (χ0) is 16.9. The minimum atomic E-state index is -0.180. The number of amides is 1. The lowest BCUT2D eigenvalue weighted by Crippen LogP contribution is -2.46. The number of hydrogen-bond acceptors (Lipinski definition) is 2. The number of nitrogens with one attached hydrogen (secondary N) is 1. The molecule has 3 nitrogen and oxygen atoms in total. The Hall–Kier alpha value is -1.42. The first kappa shape index (κ1) is 17.4. The van der Waals surface area contributed by atoms with E-state index in [0.29, 0.717) is 24.5 Å². The zero-order valence-electron chi connectivity index (χ0n) is 14.6. The lowest BCUT2D eigenvalue weighted by atomic mass is 9.86. The molecule has 0 radical (unpaired) electrons. The number of likely N-dealkylation sites (tertiary alicyclic amines) is 1. The normalized spacial score (nSPS) is 28.0. The molecule has 1 aromatic carbocycles. The van der Waals surface area contributed by atoms with Crippen LogP contribution in [0.3, 0.4) is 0 Å². The predicted octanol–water partition coefficient (Wildman–Crippen LogP) is 3.53. The van der Waals surface area contributed by atoms with Crippen molar-refractivity contribution in [3.63, 3.8) is 0 Å². The maximum Gasteiger partial charge on any atom is 0.234 e. The predicted molar refractivity (Wildman–Crippen MR) is 94.3 cm³/mol. The Labute approximate surface area is 144 Å². The number of halogens is 1. The van der Waals surface area contributed by atoms with Crippen LogP contribution in [0, 0.1) is 11.7 Å². The highest BCUT2D eigenvalue weighted by molar-refractivity contribution is 5.78. The van der Waals surface area contributed by atoms with Crippen LogP contribution >= 0.6 is 0 Å². The molecule has 24 heavy (non-hydrogen) atoms. The van der Waals surface area contributed by atoms with Gasteiger partial charge in [0.15, 0.2) is 0 Å². The van der Waals surface area contributed by atoms with E-state index in [1.165, 1.54) is 25.3 Å². The van der Waals surface area contributed by atoms with Gasteiger partial charge in [0.2, 0.25) is 5.91 Å². The molecule has 1 saturated heterocycles. The van der Waals surface area contributed by atoms with Crippen molar-refractivity contribution >= 4 is 5.91 Å². The van der Waals surface area contributed by atoms with E-state index in [-0.39, 0.29) is 11.7 Å². The van der Waals surface area contributed by atoms with Gasteiger partial charge in [-0.15, -0.1) is 0 Å². The third-order valence-electron chi connectivity index (χ3n) is 5.66. The van der Waals surface area contributed by atoms with Crippen LogP contribution in [0.4, 0.5) is 4.39 Å². The number of carbonyl (C=O) groups is 1. The fourth-order valence-electron chi connectivity index (χ4n) is 4.24. The standard InChI is InChI=1S/C20H29FN2O/c1-15-6-2-3-10-19(15)22-20(24)14-23-11-5-9-18(23)13-16-7-4-8-17(21)12-16/h4,7-8,12,15,18-19H,2-3,5-6,9-11,13-14H2,1H3,(H,22,24). The molecule has 0 bridgehead atoms. The van der Waals surface area contributed by atoms with Gasteiger partial charge in [-0.2, -0.15) is 0 Å². The summed E-state index contributed by atoms with van der Waals surface area (Å²) in [6, 6.07) is 7.52. The van der Waals surface area contributed by atoms with Crippen LogP contribution in [-0.2, 0) is 11.2 Å². The fourth-order valence-corrected chi connectivity index (χ4v) is 4.24. The van der Waals surface area contributed by atoms with Gasteiger partial charge in [0, 0.05) is 12.1 Å². The second-order valence-corrected chi connectivity index (χ2v) is 7.54. The quantitative estimate of drug-likeness (QED) is 0.895. The maximum absolute atomic E-state index is 13.4. The van der Waals surface area contributed by atoms with Crippen molar-refractivity contribution in [2.24, 2.45) is 5.92 Å². The van der Waals surface area contributed by atoms with Gasteiger partial charge in [0.25, 0.3) is 0 Å². The zero-order valence-corrected chi connectivity index (χ0v) is 14.6. The van der Waals surface area contributed by atoms with Crippen molar-refractivity contribution in [1.29, 1.82) is 0 Å². The molecular weight excluding hydrogens is 303 g/mol. The Balaban J connectivity index is 1.52. The molecule has 1 saturated carbocycles. The van der Waals surface area contributed by atoms with E-state index in [1.54, 1.807) is 12.1 Å². The van der Waals surface area contributed by atoms with Crippen molar-refractivity contribution in [1.82, 2.24) is 10.2 Å². The van der Waals surface area contributed by atoms with Crippen molar-refractivity contribution in [3.05, 3.63) is 35.6 Å². The van der Waals surface area contributed by atoms with Crippen LogP contribution in [0.25, 0.3) is 0 Å². The topological polar surface area (TPSA) is 32.3 Å². The van der Waals surface area contributed by atoms with Crippen LogP contribution in [0.1, 0.15) is 51.0 Å². The van der Waals surface area contributed by atoms with E-state index in [1.807, 2.05) is 6.07 Å². The third kappa shape index (κ3) is 4.56. The van der Waals surface area contributed by atoms with E-state index in [4.69, 9.17) is 0 Å². The molecule has 1 N–H and O–H groups in total. The van der Waals surface area contributed by atoms with Gasteiger partial charge in [-0.3, -0.25) is 9.69 Å². The van der Waals surface area contributed by atoms with Gasteiger partial charge in [-0.1, -0.05) is 31.9 Å². The largest absolute Gasteiger partial charge is 0.352 e. The Bertz CT molecular complexity index is 562. The van der Waals surface area contributed by atoms with Crippen LogP contribution in [0.15, 0.2) is 24.3 Å². The molecule has 1 aliphatic heterocycles. The van der Waals surface area contributed by atoms with Gasteiger partial charge < -0.3 is 5.32 Å². The van der Waals surface area contributed by atoms with Gasteiger partial charge in [-0.05, 0) is 62.3 Å². The molecule has 0 spiro atoms. The first-order valence-corrected chi connectivity index (χ1v) is 9.39. The molecule has 1 aliphatic carbocycles. The molecule has 1 aromatic rings. The van der Waals surface area contributed by atoms with Gasteiger partial charge in [-0.25, -0.2) is 4.39 Å². The third-order valence-corrected chi connectivity index (χ3v) is 5.66. The summed E-state index contributed by atoms with van der Waals surface area (Å²) in [5, 5.41) is 3.25. The second-order valence-electron chi connectivity index (χ2n) is 7.54. The summed E-state index contributed by atoms with van der Waals surface area (Å²) in [5.74, 6) is 0.560. The average molecular weight is 332 g/mol. The van der Waals surface area contributed by atoms with E-state index >= 15 is 0 Å². The molecule has 3 unspecified atom stereocenters. The SMILES string of the molecule is CC1CCCCC1NC(=O)CN1CCCC1Cc1cccc(F)c1. The molecule has 3 rings (SSSR count). The lowest BCUT2D eigenvalue weighted by molar-refractivity contribution is -0.123. The smallest absolute Gasteiger partial charge is 0.234 e. The average Bonchev–Trinajstić information content (AvgIpc) is 2.96. The van der Waals surface area contributed by atoms with Gasteiger partial charge >= 0.3 is 0 Å². The summed E-state index contributed by atoms with van der Waals surface area (Å²) in [6.45, 7) is 3.68. The number of benzene rings is 1. The van der Waals surface area contributed by atoms with Crippen molar-refractivity contribution < 1.29 is 9.18 Å². The summed E-state index contributed by atoms with van der Waals surface area (Å²) in [4.78, 5) is 14.7. The van der Waals surface area contributed by atoms with E-state index < -0.39 is 0 Å². The summed E-state index contributed by atoms with van der Waals surface area (Å²) in [6.07, 6.45) is 7.87. The maximum atomic E-state index is 13.4. The van der Waals surface area contributed by atoms with Crippen LogP contribution < -0.4 is 5.32 Å². The number of hydrogen-bond donors (Lipinski definition) is 1. The van der Waals surface area contributed by atoms with Gasteiger partial charge in [0.05, 0.1) is 6.54 Å². The monoisotopic (exact) mass is 332 g/mol. The Morgan fingerprint density at radius 1 is 1.25 bits per heavy atom. The van der Waals surface area contributed by atoms with Crippen molar-refractivity contribution in [3.8, 4) is 0 Å². The Morgan fingerprint density at radius 3 is 2.88 bits per heavy atom. The molecular formula is C20H29FN2O. The highest BCUT2D eigenvalue weighted by Crippen LogP contribution is 2.24. The summed E-state index contributed by atoms with van der Waals surface area (Å²) in [5.41, 5.74) is 1.02. The van der Waals surface area contributed by atoms with Crippen molar-refractivity contribution in [2.45, 2.75) is 64.0 Å². The molecule has 1 heterocycles. The van der Waals surface area contributed by atoms with E-state index in [0.717, 1.165) is 37.8 Å². The first-order chi connectivity index (χ1) is 11.6. The molecule has 2 aliphatic rings. The Kier molecular flexibility index (Phi) is 5.88. The molecule has 2 fully saturated rings. The summed E-state index contributed by atoms with van der Waals surface area (Å²) < 4.78 is 13.4.